The normalized spacial score (nSPS) is 15.5. The number of likely N-dealkylation sites (tertiary alicyclic amines) is 1. The maximum Gasteiger partial charge on any atom is 0.311 e. The fourth-order valence-electron chi connectivity index (χ4n) is 10.3. The highest BCUT2D eigenvalue weighted by Crippen LogP contribution is 2.34. The van der Waals surface area contributed by atoms with Crippen molar-refractivity contribution in [3.05, 3.63) is 30.2 Å². The van der Waals surface area contributed by atoms with Crippen molar-refractivity contribution in [3.8, 4) is 0 Å². The zero-order valence-electron chi connectivity index (χ0n) is 48.2. The molecule has 0 spiro atoms. The van der Waals surface area contributed by atoms with Crippen molar-refractivity contribution in [1.29, 1.82) is 0 Å². The smallest absolute Gasteiger partial charge is 0.311 e. The first-order valence-electron chi connectivity index (χ1n) is 30.1. The van der Waals surface area contributed by atoms with Crippen molar-refractivity contribution < 1.29 is 23.8 Å². The lowest BCUT2D eigenvalue weighted by atomic mass is 9.85. The summed E-state index contributed by atoms with van der Waals surface area (Å²) < 4.78 is 18.6. The van der Waals surface area contributed by atoms with Gasteiger partial charge >= 0.3 is 5.97 Å². The van der Waals surface area contributed by atoms with E-state index in [9.17, 15) is 9.59 Å². The van der Waals surface area contributed by atoms with E-state index in [2.05, 4.69) is 85.6 Å². The third-order valence-corrected chi connectivity index (χ3v) is 15.0. The van der Waals surface area contributed by atoms with E-state index < -0.39 is 5.41 Å². The van der Waals surface area contributed by atoms with Gasteiger partial charge in [0.05, 0.1) is 25.2 Å². The fraction of sp³-hybridized carbons (Fsp3) is 0.889. The van der Waals surface area contributed by atoms with Crippen LogP contribution < -0.4 is 0 Å². The summed E-state index contributed by atoms with van der Waals surface area (Å²) in [5.41, 5.74) is 2.66. The Hall–Kier alpha value is -1.88. The number of ketones is 1. The van der Waals surface area contributed by atoms with Gasteiger partial charge in [0.15, 0.2) is 5.78 Å². The van der Waals surface area contributed by atoms with Gasteiger partial charge in [-0.1, -0.05) is 222 Å². The molecule has 406 valence electrons. The van der Waals surface area contributed by atoms with Crippen LogP contribution in [0.25, 0.3) is 0 Å². The molecule has 1 rings (SSSR count). The van der Waals surface area contributed by atoms with E-state index in [1.54, 1.807) is 0 Å². The first-order chi connectivity index (χ1) is 33.4. The molecule has 1 aliphatic rings. The molecule has 69 heavy (non-hydrogen) atoms. The molecule has 0 bridgehead atoms. The number of carbonyl (C=O) groups is 2. The Bertz CT molecular complexity index is 1260. The van der Waals surface area contributed by atoms with Gasteiger partial charge in [-0.2, -0.15) is 0 Å². The van der Waals surface area contributed by atoms with Gasteiger partial charge < -0.3 is 14.2 Å². The first kappa shape index (κ1) is 67.1. The summed E-state index contributed by atoms with van der Waals surface area (Å²) in [6, 6.07) is 0.373. The molecule has 6 heteroatoms. The van der Waals surface area contributed by atoms with E-state index in [1.165, 1.54) is 116 Å². The minimum Gasteiger partial charge on any atom is -0.489 e. The Kier molecular flexibility index (Phi) is 43.6. The molecule has 0 aromatic carbocycles. The summed E-state index contributed by atoms with van der Waals surface area (Å²) in [6.07, 6.45) is 43.3. The average molecular weight is 971 g/mol. The lowest BCUT2D eigenvalue weighted by Gasteiger charge is -2.28. The summed E-state index contributed by atoms with van der Waals surface area (Å²) in [5.74, 6) is 3.16. The van der Waals surface area contributed by atoms with Crippen LogP contribution in [0.1, 0.15) is 288 Å². The third kappa shape index (κ3) is 35.0. The predicted octanol–water partition coefficient (Wildman–Crippen LogP) is 18.9. The van der Waals surface area contributed by atoms with E-state index in [1.807, 2.05) is 19.9 Å². The van der Waals surface area contributed by atoms with Gasteiger partial charge in [0.1, 0.15) is 5.76 Å². The Labute approximate surface area is 431 Å². The number of ether oxygens (including phenoxy) is 3. The van der Waals surface area contributed by atoms with E-state index in [4.69, 9.17) is 14.2 Å². The summed E-state index contributed by atoms with van der Waals surface area (Å²) in [4.78, 5) is 28.3. The van der Waals surface area contributed by atoms with Crippen molar-refractivity contribution in [3.63, 3.8) is 0 Å². The van der Waals surface area contributed by atoms with Gasteiger partial charge in [-0.3, -0.25) is 14.5 Å². The quantitative estimate of drug-likeness (QED) is 0.0199. The number of carbonyl (C=O) groups excluding carboxylic acids is 2. The monoisotopic (exact) mass is 970 g/mol. The summed E-state index contributed by atoms with van der Waals surface area (Å²) in [5, 5.41) is 0. The van der Waals surface area contributed by atoms with Crippen LogP contribution in [-0.2, 0) is 23.8 Å². The van der Waals surface area contributed by atoms with E-state index in [0.29, 0.717) is 25.0 Å². The molecule has 0 aromatic heterocycles. The minimum absolute atomic E-state index is 0.0318. The molecule has 0 radical (unpaired) electrons. The SMILES string of the molecule is C=C=C(OCCCC(CCCCC)CCCCC)C(C)(C)CCCCN1C[C@@H](/C=C\C(=O)CCCCC)C[C@H]1COCCCCCCC(C)(C)C(=O)OCCCC(CCCCC)CCCCC.CC. The molecule has 1 aliphatic heterocycles. The molecule has 1 saturated heterocycles. The third-order valence-electron chi connectivity index (χ3n) is 15.0. The second kappa shape index (κ2) is 44.8. The number of hydrogen-bond acceptors (Lipinski definition) is 6. The summed E-state index contributed by atoms with van der Waals surface area (Å²) in [7, 11) is 0. The molecule has 0 N–H and O–H groups in total. The van der Waals surface area contributed by atoms with Crippen LogP contribution in [0.5, 0.6) is 0 Å². The highest BCUT2D eigenvalue weighted by atomic mass is 16.5. The zero-order chi connectivity index (χ0) is 51.4. The Morgan fingerprint density at radius 2 is 1.07 bits per heavy atom. The maximum atomic E-state index is 13.0. The Morgan fingerprint density at radius 3 is 1.61 bits per heavy atom. The minimum atomic E-state index is -0.437. The molecule has 0 unspecified atom stereocenters. The van der Waals surface area contributed by atoms with E-state index in [-0.39, 0.29) is 17.2 Å². The van der Waals surface area contributed by atoms with Gasteiger partial charge in [-0.05, 0) is 108 Å². The number of nitrogens with zero attached hydrogens (tertiary/aromatic N) is 1. The van der Waals surface area contributed by atoms with Crippen LogP contribution >= 0.6 is 0 Å². The first-order valence-corrected chi connectivity index (χ1v) is 30.1. The van der Waals surface area contributed by atoms with Crippen molar-refractivity contribution in [2.24, 2.45) is 28.6 Å². The predicted molar refractivity (Wildman–Crippen MR) is 300 cm³/mol. The van der Waals surface area contributed by atoms with Crippen LogP contribution in [-0.4, -0.2) is 62.2 Å². The largest absolute Gasteiger partial charge is 0.489 e. The van der Waals surface area contributed by atoms with Crippen LogP contribution in [0.2, 0.25) is 0 Å². The topological polar surface area (TPSA) is 65.1 Å². The van der Waals surface area contributed by atoms with Gasteiger partial charge in [0.25, 0.3) is 0 Å². The molecular formula is C63H119NO5. The van der Waals surface area contributed by atoms with Crippen molar-refractivity contribution in [2.45, 2.75) is 294 Å². The number of allylic oxidation sites excluding steroid dienone is 2. The maximum absolute atomic E-state index is 13.0. The lowest BCUT2D eigenvalue weighted by Crippen LogP contribution is -2.34. The highest BCUT2D eigenvalue weighted by molar-refractivity contribution is 5.89. The number of rotatable bonds is 47. The molecule has 0 aromatic rings. The van der Waals surface area contributed by atoms with Crippen molar-refractivity contribution >= 4 is 11.8 Å². The molecule has 2 atom stereocenters. The summed E-state index contributed by atoms with van der Waals surface area (Å²) >= 11 is 0. The standard InChI is InChI=1S/C61H113NO5.C2H6/c1-11-17-24-35-53(36-25-18-12-2)39-33-48-66-58(16-6)60(7,8)44-30-31-46-62-51-55(42-43-57(63)41-28-21-15-5)50-56(62)52-65-47-32-23-22-29-45-61(9,10)59(64)67-49-34-40-54(37-26-19-13-3)38-27-20-14-4;1-2/h42-43,53-56H,6,11-15,17-41,44-52H2,1-5,7-10H3;1-2H3/b43-42-;/t55-,56-;/m0./s1. The fourth-order valence-corrected chi connectivity index (χ4v) is 10.3. The number of hydrogen-bond donors (Lipinski definition) is 0. The highest BCUT2D eigenvalue weighted by Gasteiger charge is 2.32. The second-order valence-electron chi connectivity index (χ2n) is 22.4. The van der Waals surface area contributed by atoms with Crippen LogP contribution in [0.15, 0.2) is 30.2 Å². The molecule has 0 saturated carbocycles. The number of unbranched alkanes of at least 4 members (excludes halogenated alkanes) is 14. The number of esters is 1. The van der Waals surface area contributed by atoms with Crippen LogP contribution in [0, 0.1) is 28.6 Å². The van der Waals surface area contributed by atoms with Gasteiger partial charge in [-0.25, -0.2) is 0 Å². The van der Waals surface area contributed by atoms with Crippen molar-refractivity contribution in [2.75, 3.05) is 39.5 Å². The molecule has 1 fully saturated rings. The summed E-state index contributed by atoms with van der Waals surface area (Å²) in [6.45, 7) is 33.0. The van der Waals surface area contributed by atoms with Crippen LogP contribution in [0.3, 0.4) is 0 Å². The van der Waals surface area contributed by atoms with Gasteiger partial charge in [0.2, 0.25) is 0 Å². The molecule has 0 aliphatic carbocycles. The zero-order valence-corrected chi connectivity index (χ0v) is 48.2. The van der Waals surface area contributed by atoms with Gasteiger partial charge in [0, 0.05) is 31.0 Å². The molecule has 6 nitrogen and oxygen atoms in total. The Balaban J connectivity index is 0.0000228. The Morgan fingerprint density at radius 1 is 0.594 bits per heavy atom. The molecule has 1 heterocycles. The average Bonchev–Trinajstić information content (AvgIpc) is 3.73. The van der Waals surface area contributed by atoms with Gasteiger partial charge in [-0.15, -0.1) is 0 Å². The molecular weight excluding hydrogens is 851 g/mol. The van der Waals surface area contributed by atoms with E-state index >= 15 is 0 Å². The molecule has 0 amide bonds. The van der Waals surface area contributed by atoms with Crippen LogP contribution in [0.4, 0.5) is 0 Å². The second-order valence-corrected chi connectivity index (χ2v) is 22.4. The lowest BCUT2D eigenvalue weighted by molar-refractivity contribution is -0.154. The van der Waals surface area contributed by atoms with E-state index in [0.717, 1.165) is 140 Å². The van der Waals surface area contributed by atoms with Crippen molar-refractivity contribution in [1.82, 2.24) is 4.90 Å².